The van der Waals surface area contributed by atoms with E-state index < -0.39 is 5.97 Å². The summed E-state index contributed by atoms with van der Waals surface area (Å²) in [5, 5.41) is 17.8. The largest absolute Gasteiger partial charge is 0.481 e. The van der Waals surface area contributed by atoms with Gasteiger partial charge in [0.25, 0.3) is 0 Å². The van der Waals surface area contributed by atoms with E-state index in [0.717, 1.165) is 0 Å². The Bertz CT molecular complexity index is 424. The molecular formula is C9H5Cl2NO2. The SMILES string of the molecule is N#Cc1c(Cl)cc(Cl)cc1CC(=O)O. The second-order valence-electron chi connectivity index (χ2n) is 2.60. The molecule has 0 aliphatic carbocycles. The van der Waals surface area contributed by atoms with E-state index in [1.807, 2.05) is 6.07 Å². The predicted octanol–water partition coefficient (Wildman–Crippen LogP) is 2.49. The maximum absolute atomic E-state index is 10.5. The van der Waals surface area contributed by atoms with Gasteiger partial charge >= 0.3 is 5.97 Å². The van der Waals surface area contributed by atoms with E-state index in [-0.39, 0.29) is 17.0 Å². The van der Waals surface area contributed by atoms with Gasteiger partial charge in [0.05, 0.1) is 17.0 Å². The van der Waals surface area contributed by atoms with Gasteiger partial charge in [0.1, 0.15) is 6.07 Å². The summed E-state index contributed by atoms with van der Waals surface area (Å²) in [7, 11) is 0. The highest BCUT2D eigenvalue weighted by atomic mass is 35.5. The lowest BCUT2D eigenvalue weighted by Gasteiger charge is -2.03. The minimum absolute atomic E-state index is 0.165. The minimum atomic E-state index is -1.03. The predicted molar refractivity (Wildman–Crippen MR) is 52.5 cm³/mol. The van der Waals surface area contributed by atoms with Crippen LogP contribution in [0.5, 0.6) is 0 Å². The van der Waals surface area contributed by atoms with Crippen LogP contribution in [0.3, 0.4) is 0 Å². The molecule has 0 saturated carbocycles. The highest BCUT2D eigenvalue weighted by molar-refractivity contribution is 6.35. The zero-order valence-corrected chi connectivity index (χ0v) is 8.43. The number of nitriles is 1. The maximum atomic E-state index is 10.5. The van der Waals surface area contributed by atoms with Gasteiger partial charge in [0, 0.05) is 5.02 Å². The van der Waals surface area contributed by atoms with Crippen molar-refractivity contribution in [3.63, 3.8) is 0 Å². The van der Waals surface area contributed by atoms with Crippen LogP contribution in [0.15, 0.2) is 12.1 Å². The molecule has 1 rings (SSSR count). The van der Waals surface area contributed by atoms with Crippen molar-refractivity contribution in [1.29, 1.82) is 5.26 Å². The lowest BCUT2D eigenvalue weighted by molar-refractivity contribution is -0.136. The number of hydrogen-bond acceptors (Lipinski definition) is 2. The van der Waals surface area contributed by atoms with Crippen LogP contribution in [0.2, 0.25) is 10.0 Å². The van der Waals surface area contributed by atoms with Crippen molar-refractivity contribution < 1.29 is 9.90 Å². The van der Waals surface area contributed by atoms with Crippen LogP contribution in [0, 0.1) is 11.3 Å². The van der Waals surface area contributed by atoms with Crippen molar-refractivity contribution in [1.82, 2.24) is 0 Å². The Balaban J connectivity index is 3.26. The number of benzene rings is 1. The maximum Gasteiger partial charge on any atom is 0.307 e. The average Bonchev–Trinajstić information content (AvgIpc) is 2.01. The number of nitrogens with zero attached hydrogens (tertiary/aromatic N) is 1. The number of carboxylic acids is 1. The Hall–Kier alpha value is -1.24. The van der Waals surface area contributed by atoms with E-state index >= 15 is 0 Å². The standard InChI is InChI=1S/C9H5Cl2NO2/c10-6-1-5(2-9(13)14)7(4-12)8(11)3-6/h1,3H,2H2,(H,13,14). The van der Waals surface area contributed by atoms with Gasteiger partial charge in [-0.25, -0.2) is 0 Å². The van der Waals surface area contributed by atoms with E-state index in [0.29, 0.717) is 10.6 Å². The number of halogens is 2. The third-order valence-corrected chi connectivity index (χ3v) is 2.11. The summed E-state index contributed by atoms with van der Waals surface area (Å²) < 4.78 is 0. The molecule has 0 amide bonds. The summed E-state index contributed by atoms with van der Waals surface area (Å²) >= 11 is 11.4. The fourth-order valence-electron chi connectivity index (χ4n) is 1.05. The van der Waals surface area contributed by atoms with Crippen molar-refractivity contribution >= 4 is 29.2 Å². The smallest absolute Gasteiger partial charge is 0.307 e. The minimum Gasteiger partial charge on any atom is -0.481 e. The first-order chi connectivity index (χ1) is 6.54. The fraction of sp³-hybridized carbons (Fsp3) is 0.111. The van der Waals surface area contributed by atoms with Gasteiger partial charge in [-0.3, -0.25) is 4.79 Å². The summed E-state index contributed by atoms with van der Waals surface area (Å²) in [6, 6.07) is 4.68. The van der Waals surface area contributed by atoms with Gasteiger partial charge < -0.3 is 5.11 Å². The molecule has 0 saturated heterocycles. The van der Waals surface area contributed by atoms with Crippen molar-refractivity contribution in [2.45, 2.75) is 6.42 Å². The number of hydrogen-bond donors (Lipinski definition) is 1. The van der Waals surface area contributed by atoms with Crippen LogP contribution in [-0.2, 0) is 11.2 Å². The number of carbonyl (C=O) groups is 1. The lowest BCUT2D eigenvalue weighted by Crippen LogP contribution is -2.02. The summed E-state index contributed by atoms with van der Waals surface area (Å²) in [6.45, 7) is 0. The Morgan fingerprint density at radius 2 is 2.14 bits per heavy atom. The molecule has 0 aromatic heterocycles. The normalized spacial score (nSPS) is 9.50. The molecule has 0 heterocycles. The molecule has 14 heavy (non-hydrogen) atoms. The monoisotopic (exact) mass is 229 g/mol. The first-order valence-electron chi connectivity index (χ1n) is 3.64. The molecule has 1 aromatic carbocycles. The highest BCUT2D eigenvalue weighted by Crippen LogP contribution is 2.25. The summed E-state index contributed by atoms with van der Waals surface area (Å²) in [5.41, 5.74) is 0.496. The molecular weight excluding hydrogens is 225 g/mol. The topological polar surface area (TPSA) is 61.1 Å². The molecule has 0 unspecified atom stereocenters. The molecule has 72 valence electrons. The molecule has 1 aromatic rings. The number of rotatable bonds is 2. The Morgan fingerprint density at radius 3 is 2.64 bits per heavy atom. The molecule has 0 bridgehead atoms. The second-order valence-corrected chi connectivity index (χ2v) is 3.45. The van der Waals surface area contributed by atoms with Crippen molar-refractivity contribution in [2.24, 2.45) is 0 Å². The molecule has 0 spiro atoms. The average molecular weight is 230 g/mol. The number of carboxylic acid groups (broad SMARTS) is 1. The van der Waals surface area contributed by atoms with Crippen LogP contribution in [-0.4, -0.2) is 11.1 Å². The molecule has 3 nitrogen and oxygen atoms in total. The van der Waals surface area contributed by atoms with E-state index in [1.54, 1.807) is 0 Å². The zero-order chi connectivity index (χ0) is 10.7. The Morgan fingerprint density at radius 1 is 1.50 bits per heavy atom. The zero-order valence-electron chi connectivity index (χ0n) is 6.92. The van der Waals surface area contributed by atoms with Gasteiger partial charge in [0.2, 0.25) is 0 Å². The first-order valence-corrected chi connectivity index (χ1v) is 4.40. The highest BCUT2D eigenvalue weighted by Gasteiger charge is 2.11. The summed E-state index contributed by atoms with van der Waals surface area (Å²) in [4.78, 5) is 10.5. The van der Waals surface area contributed by atoms with E-state index in [2.05, 4.69) is 0 Å². The van der Waals surface area contributed by atoms with Crippen LogP contribution in [0.1, 0.15) is 11.1 Å². The fourth-order valence-corrected chi connectivity index (χ4v) is 1.63. The lowest BCUT2D eigenvalue weighted by atomic mass is 10.1. The molecule has 0 aliphatic heterocycles. The van der Waals surface area contributed by atoms with Gasteiger partial charge in [-0.05, 0) is 17.7 Å². The third kappa shape index (κ3) is 2.38. The van der Waals surface area contributed by atoms with Gasteiger partial charge in [-0.2, -0.15) is 5.26 Å². The van der Waals surface area contributed by atoms with Crippen molar-refractivity contribution in [2.75, 3.05) is 0 Å². The van der Waals surface area contributed by atoms with Crippen LogP contribution in [0.25, 0.3) is 0 Å². The molecule has 1 N–H and O–H groups in total. The van der Waals surface area contributed by atoms with E-state index in [4.69, 9.17) is 33.6 Å². The first kappa shape index (κ1) is 10.8. The molecule has 0 radical (unpaired) electrons. The van der Waals surface area contributed by atoms with Gasteiger partial charge in [-0.15, -0.1) is 0 Å². The Labute approximate surface area is 90.5 Å². The number of aliphatic carboxylic acids is 1. The van der Waals surface area contributed by atoms with E-state index in [9.17, 15) is 4.79 Å². The molecule has 0 fully saturated rings. The quantitative estimate of drug-likeness (QED) is 0.848. The summed E-state index contributed by atoms with van der Waals surface area (Å²) in [5.74, 6) is -1.03. The van der Waals surface area contributed by atoms with E-state index in [1.165, 1.54) is 12.1 Å². The van der Waals surface area contributed by atoms with Crippen molar-refractivity contribution in [3.8, 4) is 6.07 Å². The summed E-state index contributed by atoms with van der Waals surface area (Å²) in [6.07, 6.45) is -0.261. The van der Waals surface area contributed by atoms with Gasteiger partial charge in [-0.1, -0.05) is 23.2 Å². The van der Waals surface area contributed by atoms with Crippen LogP contribution < -0.4 is 0 Å². The molecule has 5 heteroatoms. The molecule has 0 aliphatic rings. The van der Waals surface area contributed by atoms with Crippen LogP contribution >= 0.6 is 23.2 Å². The van der Waals surface area contributed by atoms with Gasteiger partial charge in [0.15, 0.2) is 0 Å². The van der Waals surface area contributed by atoms with Crippen LogP contribution in [0.4, 0.5) is 0 Å². The molecule has 0 atom stereocenters. The second kappa shape index (κ2) is 4.32. The Kier molecular flexibility index (Phi) is 3.34. The third-order valence-electron chi connectivity index (χ3n) is 1.59. The van der Waals surface area contributed by atoms with Crippen molar-refractivity contribution in [3.05, 3.63) is 33.3 Å².